The summed E-state index contributed by atoms with van der Waals surface area (Å²) in [5, 5.41) is 16.0. The molecule has 0 bridgehead atoms. The standard InChI is InChI=1S/C18H12.C14H10.C10H8.3C2H6/c1-2-8-14-13(7-1)15-9-3-4-11-17(15)18-12-6-5-10-16(14)18;1-3-7-13-11(5-1)9-10-12-6-2-4-8-14(12)13;1-2-6-10-8-4-3-7-9(10)5-1;3*1-2/h1-12H;1-10H;1-8H;3*1-2H3. The number of hydrogen-bond acceptors (Lipinski definition) is 0. The molecule has 0 unspecified atom stereocenters. The highest BCUT2D eigenvalue weighted by atomic mass is 14.1. The van der Waals surface area contributed by atoms with E-state index in [0.717, 1.165) is 0 Å². The minimum Gasteiger partial charge on any atom is -0.0683 e. The summed E-state index contributed by atoms with van der Waals surface area (Å²) >= 11 is 0. The Balaban J connectivity index is 0.000000156. The van der Waals surface area contributed by atoms with Crippen molar-refractivity contribution in [2.45, 2.75) is 41.5 Å². The van der Waals surface area contributed by atoms with Gasteiger partial charge in [-0.05, 0) is 64.6 Å². The SMILES string of the molecule is CC.CC.CC.c1ccc2c(c1)c1ccccc1c1ccccc21.c1ccc2c(c1)ccc1ccccc12.c1ccc2ccccc2c1. The van der Waals surface area contributed by atoms with Crippen LogP contribution in [0.2, 0.25) is 0 Å². The van der Waals surface area contributed by atoms with E-state index >= 15 is 0 Å². The van der Waals surface area contributed by atoms with Crippen LogP contribution in [0.5, 0.6) is 0 Å². The molecule has 0 nitrogen and oxygen atoms in total. The zero-order valence-electron chi connectivity index (χ0n) is 29.3. The summed E-state index contributed by atoms with van der Waals surface area (Å²) in [4.78, 5) is 0. The number of benzene rings is 9. The van der Waals surface area contributed by atoms with Crippen molar-refractivity contribution in [1.82, 2.24) is 0 Å². The van der Waals surface area contributed by atoms with Crippen LogP contribution in [0.1, 0.15) is 41.5 Å². The third-order valence-corrected chi connectivity index (χ3v) is 7.96. The highest BCUT2D eigenvalue weighted by Crippen LogP contribution is 2.34. The topological polar surface area (TPSA) is 0 Å². The average Bonchev–Trinajstić information content (AvgIpc) is 3.21. The molecule has 48 heavy (non-hydrogen) atoms. The van der Waals surface area contributed by atoms with E-state index in [2.05, 4.69) is 182 Å². The Bertz CT molecular complexity index is 1970. The summed E-state index contributed by atoms with van der Waals surface area (Å²) < 4.78 is 0. The summed E-state index contributed by atoms with van der Waals surface area (Å²) in [5.74, 6) is 0. The van der Waals surface area contributed by atoms with Crippen molar-refractivity contribution >= 4 is 64.6 Å². The van der Waals surface area contributed by atoms with Gasteiger partial charge in [-0.25, -0.2) is 0 Å². The fraction of sp³-hybridized carbons (Fsp3) is 0.125. The maximum atomic E-state index is 2.21. The first kappa shape index (κ1) is 35.4. The fourth-order valence-corrected chi connectivity index (χ4v) is 5.95. The van der Waals surface area contributed by atoms with Crippen LogP contribution in [-0.2, 0) is 0 Å². The van der Waals surface area contributed by atoms with Crippen molar-refractivity contribution in [3.8, 4) is 0 Å². The van der Waals surface area contributed by atoms with E-state index in [9.17, 15) is 0 Å². The van der Waals surface area contributed by atoms with Crippen LogP contribution in [0.4, 0.5) is 0 Å². The Morgan fingerprint density at radius 2 is 0.333 bits per heavy atom. The monoisotopic (exact) mass is 624 g/mol. The molecule has 0 N–H and O–H groups in total. The van der Waals surface area contributed by atoms with Gasteiger partial charge in [0.15, 0.2) is 0 Å². The van der Waals surface area contributed by atoms with E-state index in [1.54, 1.807) is 0 Å². The molecule has 0 aromatic heterocycles. The van der Waals surface area contributed by atoms with E-state index in [4.69, 9.17) is 0 Å². The third-order valence-electron chi connectivity index (χ3n) is 7.96. The largest absolute Gasteiger partial charge is 0.0683 e. The second-order valence-corrected chi connectivity index (χ2v) is 10.5. The lowest BCUT2D eigenvalue weighted by molar-refractivity contribution is 1.50. The lowest BCUT2D eigenvalue weighted by Gasteiger charge is -2.09. The van der Waals surface area contributed by atoms with Gasteiger partial charge in [-0.3, -0.25) is 0 Å². The Morgan fingerprint density at radius 3 is 0.562 bits per heavy atom. The van der Waals surface area contributed by atoms with Crippen LogP contribution < -0.4 is 0 Å². The third kappa shape index (κ3) is 8.08. The summed E-state index contributed by atoms with van der Waals surface area (Å²) in [5.41, 5.74) is 0. The molecule has 9 rings (SSSR count). The van der Waals surface area contributed by atoms with Crippen LogP contribution >= 0.6 is 0 Å². The molecule has 0 spiro atoms. The minimum atomic E-state index is 1.31. The van der Waals surface area contributed by atoms with E-state index in [1.165, 1.54) is 64.6 Å². The normalized spacial score (nSPS) is 9.88. The molecule has 0 fully saturated rings. The molecule has 0 aliphatic rings. The first-order valence-corrected chi connectivity index (χ1v) is 17.5. The molecule has 0 amide bonds. The van der Waals surface area contributed by atoms with Crippen LogP contribution in [-0.4, -0.2) is 0 Å². The van der Waals surface area contributed by atoms with Crippen molar-refractivity contribution in [1.29, 1.82) is 0 Å². The van der Waals surface area contributed by atoms with Crippen LogP contribution in [0.15, 0.2) is 182 Å². The molecular formula is C48H48. The van der Waals surface area contributed by atoms with Crippen LogP contribution in [0.3, 0.4) is 0 Å². The van der Waals surface area contributed by atoms with E-state index < -0.39 is 0 Å². The second-order valence-electron chi connectivity index (χ2n) is 10.5. The summed E-state index contributed by atoms with van der Waals surface area (Å²) in [6, 6.07) is 64.0. The van der Waals surface area contributed by atoms with Gasteiger partial charge in [0.05, 0.1) is 0 Å². The van der Waals surface area contributed by atoms with Gasteiger partial charge in [-0.15, -0.1) is 0 Å². The van der Waals surface area contributed by atoms with Crippen molar-refractivity contribution in [2.75, 3.05) is 0 Å². The highest BCUT2D eigenvalue weighted by Gasteiger charge is 2.06. The van der Waals surface area contributed by atoms with Gasteiger partial charge in [0, 0.05) is 0 Å². The average molecular weight is 625 g/mol. The Kier molecular flexibility index (Phi) is 13.7. The second kappa shape index (κ2) is 18.6. The maximum absolute atomic E-state index is 2.21. The molecule has 9 aromatic rings. The molecule has 0 aliphatic heterocycles. The first-order chi connectivity index (χ1) is 23.9. The Labute approximate surface area is 287 Å². The Hall–Kier alpha value is -5.46. The molecule has 0 saturated heterocycles. The molecule has 0 radical (unpaired) electrons. The summed E-state index contributed by atoms with van der Waals surface area (Å²) in [7, 11) is 0. The van der Waals surface area contributed by atoms with Crippen LogP contribution in [0, 0.1) is 0 Å². The number of hydrogen-bond donors (Lipinski definition) is 0. The Morgan fingerprint density at radius 1 is 0.167 bits per heavy atom. The molecule has 9 aromatic carbocycles. The van der Waals surface area contributed by atoms with Gasteiger partial charge in [0.1, 0.15) is 0 Å². The predicted octanol–water partition coefficient (Wildman–Crippen LogP) is 15.1. The van der Waals surface area contributed by atoms with Crippen molar-refractivity contribution in [2.24, 2.45) is 0 Å². The van der Waals surface area contributed by atoms with Gasteiger partial charge >= 0.3 is 0 Å². The minimum absolute atomic E-state index is 1.31. The molecule has 0 heterocycles. The van der Waals surface area contributed by atoms with Gasteiger partial charge in [-0.1, -0.05) is 224 Å². The maximum Gasteiger partial charge on any atom is -0.00990 e. The fourth-order valence-electron chi connectivity index (χ4n) is 5.95. The quantitative estimate of drug-likeness (QED) is 0.147. The smallest absolute Gasteiger partial charge is 0.00990 e. The van der Waals surface area contributed by atoms with Gasteiger partial charge < -0.3 is 0 Å². The summed E-state index contributed by atoms with van der Waals surface area (Å²) in [6.07, 6.45) is 0. The van der Waals surface area contributed by atoms with Crippen molar-refractivity contribution < 1.29 is 0 Å². The highest BCUT2D eigenvalue weighted by molar-refractivity contribution is 6.25. The van der Waals surface area contributed by atoms with E-state index in [0.29, 0.717) is 0 Å². The van der Waals surface area contributed by atoms with Crippen molar-refractivity contribution in [3.05, 3.63) is 182 Å². The van der Waals surface area contributed by atoms with Gasteiger partial charge in [0.25, 0.3) is 0 Å². The molecule has 0 heteroatoms. The molecular weight excluding hydrogens is 577 g/mol. The van der Waals surface area contributed by atoms with E-state index in [1.807, 2.05) is 41.5 Å². The first-order valence-electron chi connectivity index (χ1n) is 17.5. The molecule has 0 saturated carbocycles. The number of fused-ring (bicyclic) bond motifs is 10. The lowest BCUT2D eigenvalue weighted by Crippen LogP contribution is -1.81. The summed E-state index contributed by atoms with van der Waals surface area (Å²) in [6.45, 7) is 12.0. The van der Waals surface area contributed by atoms with E-state index in [-0.39, 0.29) is 0 Å². The van der Waals surface area contributed by atoms with Gasteiger partial charge in [0.2, 0.25) is 0 Å². The predicted molar refractivity (Wildman–Crippen MR) is 218 cm³/mol. The van der Waals surface area contributed by atoms with Gasteiger partial charge in [-0.2, -0.15) is 0 Å². The van der Waals surface area contributed by atoms with Crippen molar-refractivity contribution in [3.63, 3.8) is 0 Å². The van der Waals surface area contributed by atoms with Crippen LogP contribution in [0.25, 0.3) is 64.6 Å². The molecule has 240 valence electrons. The number of rotatable bonds is 0. The zero-order chi connectivity index (χ0) is 34.1. The molecule has 0 aliphatic carbocycles. The molecule has 0 atom stereocenters. The lowest BCUT2D eigenvalue weighted by atomic mass is 9.95. The zero-order valence-corrected chi connectivity index (χ0v) is 29.3.